The van der Waals surface area contributed by atoms with Gasteiger partial charge in [-0.05, 0) is 38.8 Å². The first kappa shape index (κ1) is 12.1. The lowest BCUT2D eigenvalue weighted by Gasteiger charge is -2.43. The van der Waals surface area contributed by atoms with E-state index >= 15 is 0 Å². The number of aliphatic hydroxyl groups is 1. The smallest absolute Gasteiger partial charge is 0.254 e. The van der Waals surface area contributed by atoms with Crippen LogP contribution in [0.25, 0.3) is 0 Å². The Morgan fingerprint density at radius 3 is 2.65 bits per heavy atom. The number of carbonyl (C=O) groups excluding carboxylic acids is 1. The summed E-state index contributed by atoms with van der Waals surface area (Å²) < 4.78 is 0. The molecule has 1 atom stereocenters. The van der Waals surface area contributed by atoms with Crippen molar-refractivity contribution in [2.45, 2.75) is 38.8 Å². The third kappa shape index (κ3) is 1.95. The maximum atomic E-state index is 12.4. The number of rotatable bonds is 2. The van der Waals surface area contributed by atoms with Crippen LogP contribution in [0.5, 0.6) is 0 Å². The molecular formula is C14H19NO2. The van der Waals surface area contributed by atoms with Crippen molar-refractivity contribution in [3.8, 4) is 0 Å². The van der Waals surface area contributed by atoms with Crippen LogP contribution < -0.4 is 0 Å². The van der Waals surface area contributed by atoms with Gasteiger partial charge in [0, 0.05) is 12.1 Å². The number of benzene rings is 1. The molecule has 1 aliphatic rings. The molecule has 0 aliphatic carbocycles. The molecule has 1 unspecified atom stereocenters. The Bertz CT molecular complexity index is 438. The Hall–Kier alpha value is -1.35. The zero-order valence-corrected chi connectivity index (χ0v) is 10.6. The quantitative estimate of drug-likeness (QED) is 0.846. The standard InChI is InChI=1S/C14H19NO2/c1-10(16)14(2,3)15-9-8-11-6-4-5-7-12(11)13(15)17/h4-7,10,16H,8-9H2,1-3H3. The fraction of sp³-hybridized carbons (Fsp3) is 0.500. The number of carbonyl (C=O) groups is 1. The van der Waals surface area contributed by atoms with Gasteiger partial charge in [-0.3, -0.25) is 4.79 Å². The molecule has 0 radical (unpaired) electrons. The van der Waals surface area contributed by atoms with Crippen LogP contribution in [0.3, 0.4) is 0 Å². The predicted octanol–water partition coefficient (Wildman–Crippen LogP) is 1.84. The van der Waals surface area contributed by atoms with Gasteiger partial charge in [0.1, 0.15) is 0 Å². The fourth-order valence-electron chi connectivity index (χ4n) is 2.20. The maximum absolute atomic E-state index is 12.4. The van der Waals surface area contributed by atoms with Crippen LogP contribution in [-0.2, 0) is 6.42 Å². The summed E-state index contributed by atoms with van der Waals surface area (Å²) in [4.78, 5) is 14.2. The average molecular weight is 233 g/mol. The Morgan fingerprint density at radius 2 is 2.00 bits per heavy atom. The summed E-state index contributed by atoms with van der Waals surface area (Å²) in [5.41, 5.74) is 1.35. The third-order valence-corrected chi connectivity index (χ3v) is 3.82. The normalized spacial score (nSPS) is 17.9. The van der Waals surface area contributed by atoms with Gasteiger partial charge in [-0.1, -0.05) is 18.2 Å². The van der Waals surface area contributed by atoms with E-state index in [-0.39, 0.29) is 5.91 Å². The van der Waals surface area contributed by atoms with Crippen LogP contribution in [0.15, 0.2) is 24.3 Å². The van der Waals surface area contributed by atoms with Gasteiger partial charge < -0.3 is 10.0 Å². The number of hydrogen-bond acceptors (Lipinski definition) is 2. The van der Waals surface area contributed by atoms with E-state index in [1.165, 1.54) is 0 Å². The lowest BCUT2D eigenvalue weighted by Crippen LogP contribution is -2.56. The first-order valence-corrected chi connectivity index (χ1v) is 6.02. The molecule has 3 nitrogen and oxygen atoms in total. The molecule has 0 fully saturated rings. The summed E-state index contributed by atoms with van der Waals surface area (Å²) in [6, 6.07) is 7.71. The highest BCUT2D eigenvalue weighted by molar-refractivity contribution is 5.97. The molecule has 92 valence electrons. The van der Waals surface area contributed by atoms with Crippen molar-refractivity contribution in [3.63, 3.8) is 0 Å². The minimum absolute atomic E-state index is 0.0257. The van der Waals surface area contributed by atoms with E-state index < -0.39 is 11.6 Å². The zero-order chi connectivity index (χ0) is 12.6. The molecule has 1 heterocycles. The van der Waals surface area contributed by atoms with Crippen LogP contribution >= 0.6 is 0 Å². The van der Waals surface area contributed by atoms with Gasteiger partial charge in [0.15, 0.2) is 0 Å². The third-order valence-electron chi connectivity index (χ3n) is 3.82. The summed E-state index contributed by atoms with van der Waals surface area (Å²) >= 11 is 0. The van der Waals surface area contributed by atoms with E-state index in [4.69, 9.17) is 0 Å². The number of nitrogens with zero attached hydrogens (tertiary/aromatic N) is 1. The molecule has 0 saturated carbocycles. The van der Waals surface area contributed by atoms with E-state index in [2.05, 4.69) is 0 Å². The molecule has 0 saturated heterocycles. The first-order valence-electron chi connectivity index (χ1n) is 6.02. The van der Waals surface area contributed by atoms with Crippen LogP contribution in [0, 0.1) is 0 Å². The number of hydrogen-bond donors (Lipinski definition) is 1. The summed E-state index contributed by atoms with van der Waals surface area (Å²) in [5, 5.41) is 9.80. The minimum atomic E-state index is -0.545. The highest BCUT2D eigenvalue weighted by atomic mass is 16.3. The molecule has 3 heteroatoms. The van der Waals surface area contributed by atoms with Crippen molar-refractivity contribution in [2.24, 2.45) is 0 Å². The molecule has 0 bridgehead atoms. The zero-order valence-electron chi connectivity index (χ0n) is 10.6. The van der Waals surface area contributed by atoms with E-state index in [0.717, 1.165) is 17.5 Å². The average Bonchev–Trinajstić information content (AvgIpc) is 2.29. The van der Waals surface area contributed by atoms with Crippen molar-refractivity contribution < 1.29 is 9.90 Å². The van der Waals surface area contributed by atoms with Crippen molar-refractivity contribution >= 4 is 5.91 Å². The molecule has 2 rings (SSSR count). The van der Waals surface area contributed by atoms with Crippen LogP contribution in [-0.4, -0.2) is 34.1 Å². The lowest BCUT2D eigenvalue weighted by molar-refractivity contribution is 0.00268. The van der Waals surface area contributed by atoms with E-state index in [1.807, 2.05) is 38.1 Å². The Balaban J connectivity index is 2.35. The van der Waals surface area contributed by atoms with Gasteiger partial charge in [0.2, 0.25) is 0 Å². The topological polar surface area (TPSA) is 40.5 Å². The number of aliphatic hydroxyl groups excluding tert-OH is 1. The molecular weight excluding hydrogens is 214 g/mol. The van der Waals surface area contributed by atoms with Crippen LogP contribution in [0.4, 0.5) is 0 Å². The minimum Gasteiger partial charge on any atom is -0.391 e. The van der Waals surface area contributed by atoms with Gasteiger partial charge in [-0.2, -0.15) is 0 Å². The van der Waals surface area contributed by atoms with Crippen LogP contribution in [0.1, 0.15) is 36.7 Å². The molecule has 17 heavy (non-hydrogen) atoms. The second-order valence-electron chi connectivity index (χ2n) is 5.19. The van der Waals surface area contributed by atoms with E-state index in [9.17, 15) is 9.90 Å². The van der Waals surface area contributed by atoms with Crippen molar-refractivity contribution in [1.82, 2.24) is 4.90 Å². The number of fused-ring (bicyclic) bond motifs is 1. The lowest BCUT2D eigenvalue weighted by atomic mass is 9.90. The molecule has 1 aromatic carbocycles. The summed E-state index contributed by atoms with van der Waals surface area (Å²) in [6.45, 7) is 6.22. The molecule has 1 N–H and O–H groups in total. The monoisotopic (exact) mass is 233 g/mol. The van der Waals surface area contributed by atoms with Crippen LogP contribution in [0.2, 0.25) is 0 Å². The van der Waals surface area contributed by atoms with E-state index in [1.54, 1.807) is 11.8 Å². The van der Waals surface area contributed by atoms with Gasteiger partial charge in [0.25, 0.3) is 5.91 Å². The Labute approximate surface area is 102 Å². The summed E-state index contributed by atoms with van der Waals surface area (Å²) in [5.74, 6) is 0.0257. The SMILES string of the molecule is CC(O)C(C)(C)N1CCc2ccccc2C1=O. The predicted molar refractivity (Wildman–Crippen MR) is 66.9 cm³/mol. The summed E-state index contributed by atoms with van der Waals surface area (Å²) in [7, 11) is 0. The maximum Gasteiger partial charge on any atom is 0.254 e. The second-order valence-corrected chi connectivity index (χ2v) is 5.19. The highest BCUT2D eigenvalue weighted by Gasteiger charge is 2.37. The highest BCUT2D eigenvalue weighted by Crippen LogP contribution is 2.27. The van der Waals surface area contributed by atoms with Gasteiger partial charge in [-0.25, -0.2) is 0 Å². The molecule has 0 spiro atoms. The Morgan fingerprint density at radius 1 is 1.35 bits per heavy atom. The fourth-order valence-corrected chi connectivity index (χ4v) is 2.20. The van der Waals surface area contributed by atoms with Gasteiger partial charge in [-0.15, -0.1) is 0 Å². The Kier molecular flexibility index (Phi) is 2.96. The summed E-state index contributed by atoms with van der Waals surface area (Å²) in [6.07, 6.45) is 0.314. The molecule has 1 aromatic rings. The van der Waals surface area contributed by atoms with Crippen molar-refractivity contribution in [3.05, 3.63) is 35.4 Å². The molecule has 1 amide bonds. The van der Waals surface area contributed by atoms with Gasteiger partial charge >= 0.3 is 0 Å². The van der Waals surface area contributed by atoms with Crippen molar-refractivity contribution in [2.75, 3.05) is 6.54 Å². The number of amides is 1. The molecule has 0 aromatic heterocycles. The first-order chi connectivity index (χ1) is 7.94. The van der Waals surface area contributed by atoms with E-state index in [0.29, 0.717) is 6.54 Å². The van der Waals surface area contributed by atoms with Gasteiger partial charge in [0.05, 0.1) is 11.6 Å². The second kappa shape index (κ2) is 4.15. The largest absolute Gasteiger partial charge is 0.391 e. The molecule has 1 aliphatic heterocycles. The van der Waals surface area contributed by atoms with Crippen molar-refractivity contribution in [1.29, 1.82) is 0 Å².